The van der Waals surface area contributed by atoms with Crippen LogP contribution in [0, 0.1) is 18.8 Å². The van der Waals surface area contributed by atoms with Gasteiger partial charge in [-0.05, 0) is 43.7 Å². The highest BCUT2D eigenvalue weighted by molar-refractivity contribution is 6.37. The summed E-state index contributed by atoms with van der Waals surface area (Å²) in [5.41, 5.74) is 0.236. The maximum atomic E-state index is 14.0. The van der Waals surface area contributed by atoms with Gasteiger partial charge in [-0.25, -0.2) is 9.69 Å². The monoisotopic (exact) mass is 509 g/mol. The van der Waals surface area contributed by atoms with E-state index < -0.39 is 52.9 Å². The first-order valence-corrected chi connectivity index (χ1v) is 12.4. The average molecular weight is 510 g/mol. The highest BCUT2D eigenvalue weighted by Crippen LogP contribution is 2.57. The Balaban J connectivity index is 1.47. The molecule has 0 saturated carbocycles. The second-order valence-electron chi connectivity index (χ2n) is 9.67. The number of carbonyl (C=O) groups excluding carboxylic acids is 5. The van der Waals surface area contributed by atoms with Crippen LogP contribution in [0.1, 0.15) is 55.2 Å². The summed E-state index contributed by atoms with van der Waals surface area (Å²) in [7, 11) is 0. The van der Waals surface area contributed by atoms with Crippen molar-refractivity contribution < 1.29 is 33.4 Å². The fourth-order valence-electron chi connectivity index (χ4n) is 5.88. The van der Waals surface area contributed by atoms with Crippen molar-refractivity contribution in [1.82, 2.24) is 0 Å². The van der Waals surface area contributed by atoms with E-state index in [0.29, 0.717) is 5.56 Å². The summed E-state index contributed by atoms with van der Waals surface area (Å²) < 4.78 is 11.3. The smallest absolute Gasteiger partial charge is 0.338 e. The van der Waals surface area contributed by atoms with Gasteiger partial charge in [-0.3, -0.25) is 19.2 Å². The minimum Gasteiger partial charge on any atom is -0.462 e. The first kappa shape index (κ1) is 23.9. The Morgan fingerprint density at radius 2 is 1.55 bits per heavy atom. The second-order valence-corrected chi connectivity index (χ2v) is 9.67. The third-order valence-corrected chi connectivity index (χ3v) is 7.53. The van der Waals surface area contributed by atoms with Crippen molar-refractivity contribution >= 4 is 35.0 Å². The van der Waals surface area contributed by atoms with Crippen molar-refractivity contribution in [2.75, 3.05) is 11.5 Å². The number of rotatable bonds is 4. The number of aryl methyl sites for hydroxylation is 1. The maximum absolute atomic E-state index is 14.0. The SMILES string of the molecule is CCOC(=O)c1ccc(N2C(=O)C3C(c4cccc(C)c4)OC4(C(=O)c5ccccc5C4=O)C3C2=O)cc1. The van der Waals surface area contributed by atoms with Crippen molar-refractivity contribution in [3.8, 4) is 0 Å². The zero-order valence-electron chi connectivity index (χ0n) is 20.7. The molecule has 0 radical (unpaired) electrons. The summed E-state index contributed by atoms with van der Waals surface area (Å²) in [5.74, 6) is -5.42. The molecule has 3 aromatic rings. The lowest BCUT2D eigenvalue weighted by Crippen LogP contribution is -2.51. The van der Waals surface area contributed by atoms with Crippen LogP contribution in [0.4, 0.5) is 5.69 Å². The molecule has 3 unspecified atom stereocenters. The van der Waals surface area contributed by atoms with E-state index in [2.05, 4.69) is 0 Å². The minimum atomic E-state index is -2.13. The van der Waals surface area contributed by atoms with Crippen molar-refractivity contribution in [1.29, 1.82) is 0 Å². The lowest BCUT2D eigenvalue weighted by molar-refractivity contribution is -0.127. The Morgan fingerprint density at radius 3 is 2.16 bits per heavy atom. The molecule has 2 aliphatic heterocycles. The predicted molar refractivity (Wildman–Crippen MR) is 135 cm³/mol. The molecule has 8 heteroatoms. The number of nitrogens with zero attached hydrogens (tertiary/aromatic N) is 1. The molecule has 3 aliphatic rings. The molecule has 8 nitrogen and oxygen atoms in total. The van der Waals surface area contributed by atoms with Gasteiger partial charge < -0.3 is 9.47 Å². The summed E-state index contributed by atoms with van der Waals surface area (Å²) in [4.78, 5) is 68.6. The average Bonchev–Trinajstić information content (AvgIpc) is 3.49. The lowest BCUT2D eigenvalue weighted by atomic mass is 9.77. The maximum Gasteiger partial charge on any atom is 0.338 e. The topological polar surface area (TPSA) is 107 Å². The Bertz CT molecular complexity index is 1510. The van der Waals surface area contributed by atoms with Crippen LogP contribution >= 0.6 is 0 Å². The number of esters is 1. The fraction of sp³-hybridized carbons (Fsp3) is 0.233. The molecular weight excluding hydrogens is 486 g/mol. The van der Waals surface area contributed by atoms with Crippen LogP contribution < -0.4 is 4.90 Å². The molecule has 2 fully saturated rings. The normalized spacial score (nSPS) is 23.2. The van der Waals surface area contributed by atoms with Gasteiger partial charge in [0, 0.05) is 11.1 Å². The van der Waals surface area contributed by atoms with E-state index in [0.717, 1.165) is 10.5 Å². The van der Waals surface area contributed by atoms with E-state index in [4.69, 9.17) is 9.47 Å². The van der Waals surface area contributed by atoms with E-state index in [1.807, 2.05) is 19.1 Å². The molecule has 3 atom stereocenters. The lowest BCUT2D eigenvalue weighted by Gasteiger charge is -2.27. The van der Waals surface area contributed by atoms with E-state index in [-0.39, 0.29) is 29.0 Å². The first-order valence-electron chi connectivity index (χ1n) is 12.4. The zero-order chi connectivity index (χ0) is 26.8. The third-order valence-electron chi connectivity index (χ3n) is 7.53. The summed E-state index contributed by atoms with van der Waals surface area (Å²) >= 11 is 0. The van der Waals surface area contributed by atoms with Gasteiger partial charge >= 0.3 is 5.97 Å². The molecule has 1 aliphatic carbocycles. The molecule has 2 saturated heterocycles. The molecule has 2 heterocycles. The number of Topliss-reactive ketones (excluding diaryl/α,β-unsaturated/α-hetero) is 2. The van der Waals surface area contributed by atoms with Crippen molar-refractivity contribution in [2.45, 2.75) is 25.6 Å². The number of carbonyl (C=O) groups is 5. The number of hydrogen-bond donors (Lipinski definition) is 0. The predicted octanol–water partition coefficient (Wildman–Crippen LogP) is 3.87. The van der Waals surface area contributed by atoms with E-state index in [1.54, 1.807) is 31.2 Å². The number of hydrogen-bond acceptors (Lipinski definition) is 7. The molecular formula is C30H23NO7. The second kappa shape index (κ2) is 8.56. The Kier molecular flexibility index (Phi) is 5.39. The highest BCUT2D eigenvalue weighted by atomic mass is 16.5. The molecule has 3 aromatic carbocycles. The van der Waals surface area contributed by atoms with E-state index >= 15 is 0 Å². The molecule has 0 bridgehead atoms. The molecule has 0 N–H and O–H groups in total. The van der Waals surface area contributed by atoms with Crippen LogP contribution in [0.2, 0.25) is 0 Å². The summed E-state index contributed by atoms with van der Waals surface area (Å²) in [5, 5.41) is 0. The number of anilines is 1. The molecule has 1 spiro atoms. The van der Waals surface area contributed by atoms with Gasteiger partial charge in [-0.2, -0.15) is 0 Å². The largest absolute Gasteiger partial charge is 0.462 e. The van der Waals surface area contributed by atoms with Gasteiger partial charge in [-0.1, -0.05) is 54.1 Å². The Hall–Kier alpha value is -4.43. The van der Waals surface area contributed by atoms with Crippen LogP contribution in [0.3, 0.4) is 0 Å². The Labute approximate surface area is 218 Å². The molecule has 2 amide bonds. The summed E-state index contributed by atoms with van der Waals surface area (Å²) in [6.45, 7) is 3.78. The zero-order valence-corrected chi connectivity index (χ0v) is 20.7. The van der Waals surface area contributed by atoms with Crippen LogP contribution in [0.5, 0.6) is 0 Å². The quantitative estimate of drug-likeness (QED) is 0.299. The molecule has 38 heavy (non-hydrogen) atoms. The van der Waals surface area contributed by atoms with Crippen molar-refractivity contribution in [3.05, 3.63) is 101 Å². The number of ether oxygens (including phenoxy) is 2. The number of benzene rings is 3. The molecule has 190 valence electrons. The van der Waals surface area contributed by atoms with E-state index in [9.17, 15) is 24.0 Å². The van der Waals surface area contributed by atoms with Crippen LogP contribution in [-0.4, -0.2) is 41.6 Å². The standard InChI is InChI=1S/C30H23NO7/c1-3-37-29(36)17-11-13-19(14-12-17)31-27(34)22-23(28(31)35)30(38-24(22)18-8-6-7-16(2)15-18)25(32)20-9-4-5-10-21(20)26(30)33/h4-15,22-24H,3H2,1-2H3. The number of amides is 2. The third kappa shape index (κ3) is 3.16. The van der Waals surface area contributed by atoms with Gasteiger partial charge in [0.05, 0.1) is 35.8 Å². The Morgan fingerprint density at radius 1 is 0.895 bits per heavy atom. The number of ketones is 2. The van der Waals surface area contributed by atoms with E-state index in [1.165, 1.54) is 36.4 Å². The van der Waals surface area contributed by atoms with Gasteiger partial charge in [0.1, 0.15) is 0 Å². The summed E-state index contributed by atoms with van der Waals surface area (Å²) in [6.07, 6.45) is -0.984. The number of fused-ring (bicyclic) bond motifs is 3. The fourth-order valence-corrected chi connectivity index (χ4v) is 5.88. The van der Waals surface area contributed by atoms with Crippen molar-refractivity contribution in [3.63, 3.8) is 0 Å². The molecule has 0 aromatic heterocycles. The van der Waals surface area contributed by atoms with Gasteiger partial charge in [0.2, 0.25) is 29.0 Å². The van der Waals surface area contributed by atoms with Crippen LogP contribution in [0.15, 0.2) is 72.8 Å². The minimum absolute atomic E-state index is 0.179. The van der Waals surface area contributed by atoms with Gasteiger partial charge in [0.15, 0.2) is 0 Å². The van der Waals surface area contributed by atoms with Crippen molar-refractivity contribution in [2.24, 2.45) is 11.8 Å². The van der Waals surface area contributed by atoms with Crippen LogP contribution in [-0.2, 0) is 19.1 Å². The van der Waals surface area contributed by atoms with Crippen LogP contribution in [0.25, 0.3) is 0 Å². The van der Waals surface area contributed by atoms with Gasteiger partial charge in [-0.15, -0.1) is 0 Å². The molecule has 6 rings (SSSR count). The first-order chi connectivity index (χ1) is 18.3. The summed E-state index contributed by atoms with van der Waals surface area (Å²) in [6, 6.07) is 19.5. The number of imide groups is 1. The highest BCUT2D eigenvalue weighted by Gasteiger charge is 2.74. The van der Waals surface area contributed by atoms with Gasteiger partial charge in [0.25, 0.3) is 0 Å².